The van der Waals surface area contributed by atoms with Crippen LogP contribution in [0, 0.1) is 0 Å². The van der Waals surface area contributed by atoms with Gasteiger partial charge in [0.25, 0.3) is 0 Å². The summed E-state index contributed by atoms with van der Waals surface area (Å²) < 4.78 is 2.12. The zero-order chi connectivity index (χ0) is 10.3. The maximum absolute atomic E-state index is 9.25. The number of aliphatic hydroxyl groups excluding tert-OH is 1. The van der Waals surface area contributed by atoms with Crippen molar-refractivity contribution in [1.82, 2.24) is 9.38 Å². The van der Waals surface area contributed by atoms with Gasteiger partial charge in [-0.2, -0.15) is 0 Å². The standard InChI is InChI=1S/C12H14N2O/c15-8-10-11-6-1-2-7-14(11)12(13-10)9-4-3-5-9/h1-2,6-7,9,15H,3-5,8H2. The zero-order valence-electron chi connectivity index (χ0n) is 8.56. The molecule has 1 N–H and O–H groups in total. The summed E-state index contributed by atoms with van der Waals surface area (Å²) in [6.45, 7) is 0.0280. The van der Waals surface area contributed by atoms with E-state index < -0.39 is 0 Å². The topological polar surface area (TPSA) is 37.5 Å². The fourth-order valence-electron chi connectivity index (χ4n) is 2.20. The number of hydrogen-bond acceptors (Lipinski definition) is 2. The number of rotatable bonds is 2. The average molecular weight is 202 g/mol. The van der Waals surface area contributed by atoms with E-state index in [9.17, 15) is 5.11 Å². The molecule has 1 aliphatic carbocycles. The van der Waals surface area contributed by atoms with E-state index in [1.54, 1.807) is 0 Å². The molecule has 2 aromatic rings. The summed E-state index contributed by atoms with van der Waals surface area (Å²) in [5, 5.41) is 9.25. The molecule has 78 valence electrons. The van der Waals surface area contributed by atoms with Gasteiger partial charge in [-0.3, -0.25) is 0 Å². The summed E-state index contributed by atoms with van der Waals surface area (Å²) >= 11 is 0. The van der Waals surface area contributed by atoms with Gasteiger partial charge in [0, 0.05) is 12.1 Å². The molecule has 0 unspecified atom stereocenters. The summed E-state index contributed by atoms with van der Waals surface area (Å²) in [5.74, 6) is 1.72. The van der Waals surface area contributed by atoms with Crippen LogP contribution in [0.3, 0.4) is 0 Å². The molecule has 1 saturated carbocycles. The summed E-state index contributed by atoms with van der Waals surface area (Å²) in [6, 6.07) is 6.01. The lowest BCUT2D eigenvalue weighted by Crippen LogP contribution is -2.12. The lowest BCUT2D eigenvalue weighted by molar-refractivity contribution is 0.278. The predicted octanol–water partition coefficient (Wildman–Crippen LogP) is 2.09. The van der Waals surface area contributed by atoms with Gasteiger partial charge in [0.1, 0.15) is 5.82 Å². The lowest BCUT2D eigenvalue weighted by atomic mass is 9.85. The van der Waals surface area contributed by atoms with Gasteiger partial charge >= 0.3 is 0 Å². The molecule has 3 heteroatoms. The largest absolute Gasteiger partial charge is 0.390 e. The molecule has 0 aromatic carbocycles. The number of imidazole rings is 1. The third-order valence-electron chi connectivity index (χ3n) is 3.27. The number of nitrogens with zero attached hydrogens (tertiary/aromatic N) is 2. The highest BCUT2D eigenvalue weighted by Gasteiger charge is 2.24. The number of aromatic nitrogens is 2. The average Bonchev–Trinajstić information content (AvgIpc) is 2.55. The molecule has 0 amide bonds. The molecule has 2 aromatic heterocycles. The molecular weight excluding hydrogens is 188 g/mol. The van der Waals surface area contributed by atoms with Crippen LogP contribution in [-0.4, -0.2) is 14.5 Å². The Morgan fingerprint density at radius 3 is 2.93 bits per heavy atom. The SMILES string of the molecule is OCc1nc(C2CCC2)n2ccccc12. The van der Waals surface area contributed by atoms with E-state index in [1.807, 2.05) is 24.4 Å². The molecule has 0 bridgehead atoms. The molecular formula is C12H14N2O. The Labute approximate surface area is 88.4 Å². The van der Waals surface area contributed by atoms with Gasteiger partial charge in [0.15, 0.2) is 0 Å². The van der Waals surface area contributed by atoms with Gasteiger partial charge in [0.05, 0.1) is 17.8 Å². The van der Waals surface area contributed by atoms with E-state index >= 15 is 0 Å². The molecule has 15 heavy (non-hydrogen) atoms. The minimum absolute atomic E-state index is 0.0280. The molecule has 1 aliphatic rings. The number of pyridine rings is 1. The highest BCUT2D eigenvalue weighted by atomic mass is 16.3. The van der Waals surface area contributed by atoms with Crippen LogP contribution in [0.25, 0.3) is 5.52 Å². The van der Waals surface area contributed by atoms with E-state index in [4.69, 9.17) is 0 Å². The fourth-order valence-corrected chi connectivity index (χ4v) is 2.20. The van der Waals surface area contributed by atoms with Crippen LogP contribution < -0.4 is 0 Å². The van der Waals surface area contributed by atoms with Crippen LogP contribution in [-0.2, 0) is 6.61 Å². The van der Waals surface area contributed by atoms with Crippen molar-refractivity contribution in [2.45, 2.75) is 31.8 Å². The summed E-state index contributed by atoms with van der Waals surface area (Å²) in [4.78, 5) is 4.54. The van der Waals surface area contributed by atoms with Crippen LogP contribution in [0.15, 0.2) is 24.4 Å². The Balaban J connectivity index is 2.20. The van der Waals surface area contributed by atoms with Gasteiger partial charge in [-0.1, -0.05) is 12.5 Å². The smallest absolute Gasteiger partial charge is 0.116 e. The molecule has 0 saturated heterocycles. The van der Waals surface area contributed by atoms with Crippen molar-refractivity contribution in [2.24, 2.45) is 0 Å². The van der Waals surface area contributed by atoms with Gasteiger partial charge < -0.3 is 9.51 Å². The monoisotopic (exact) mass is 202 g/mol. The molecule has 2 heterocycles. The molecule has 3 rings (SSSR count). The fraction of sp³-hybridized carbons (Fsp3) is 0.417. The second-order valence-electron chi connectivity index (χ2n) is 4.16. The van der Waals surface area contributed by atoms with Crippen molar-refractivity contribution >= 4 is 5.52 Å². The van der Waals surface area contributed by atoms with E-state index in [0.29, 0.717) is 5.92 Å². The highest BCUT2D eigenvalue weighted by molar-refractivity contribution is 5.53. The van der Waals surface area contributed by atoms with E-state index in [2.05, 4.69) is 9.38 Å². The van der Waals surface area contributed by atoms with Crippen molar-refractivity contribution in [1.29, 1.82) is 0 Å². The molecule has 0 aliphatic heterocycles. The summed E-state index contributed by atoms with van der Waals surface area (Å²) in [7, 11) is 0. The van der Waals surface area contributed by atoms with E-state index in [0.717, 1.165) is 17.0 Å². The first-order chi connectivity index (χ1) is 7.40. The Hall–Kier alpha value is -1.35. The normalized spacial score (nSPS) is 16.9. The first kappa shape index (κ1) is 8.92. The Bertz CT molecular complexity index is 485. The van der Waals surface area contributed by atoms with Gasteiger partial charge in [0.2, 0.25) is 0 Å². The number of aliphatic hydroxyl groups is 1. The van der Waals surface area contributed by atoms with Crippen LogP contribution >= 0.6 is 0 Å². The summed E-state index contributed by atoms with van der Waals surface area (Å²) in [5.41, 5.74) is 1.85. The molecule has 0 atom stereocenters. The minimum atomic E-state index is 0.0280. The maximum Gasteiger partial charge on any atom is 0.116 e. The van der Waals surface area contributed by atoms with Crippen molar-refractivity contribution < 1.29 is 5.11 Å². The summed E-state index contributed by atoms with van der Waals surface area (Å²) in [6.07, 6.45) is 5.81. The van der Waals surface area contributed by atoms with Crippen molar-refractivity contribution in [3.8, 4) is 0 Å². The van der Waals surface area contributed by atoms with Crippen LogP contribution in [0.1, 0.15) is 36.7 Å². The number of hydrogen-bond donors (Lipinski definition) is 1. The quantitative estimate of drug-likeness (QED) is 0.809. The third kappa shape index (κ3) is 1.27. The number of fused-ring (bicyclic) bond motifs is 1. The zero-order valence-corrected chi connectivity index (χ0v) is 8.56. The molecule has 3 nitrogen and oxygen atoms in total. The Kier molecular flexibility index (Phi) is 1.99. The maximum atomic E-state index is 9.25. The van der Waals surface area contributed by atoms with E-state index in [-0.39, 0.29) is 6.61 Å². The Morgan fingerprint density at radius 1 is 1.40 bits per heavy atom. The van der Waals surface area contributed by atoms with Crippen molar-refractivity contribution in [2.75, 3.05) is 0 Å². The van der Waals surface area contributed by atoms with Crippen molar-refractivity contribution in [3.05, 3.63) is 35.9 Å². The van der Waals surface area contributed by atoms with Gasteiger partial charge in [-0.25, -0.2) is 4.98 Å². The second kappa shape index (κ2) is 3.35. The molecule has 0 radical (unpaired) electrons. The van der Waals surface area contributed by atoms with Crippen LogP contribution in [0.4, 0.5) is 0 Å². The molecule has 0 spiro atoms. The Morgan fingerprint density at radius 2 is 2.27 bits per heavy atom. The minimum Gasteiger partial charge on any atom is -0.390 e. The second-order valence-corrected chi connectivity index (χ2v) is 4.16. The highest BCUT2D eigenvalue weighted by Crippen LogP contribution is 2.36. The van der Waals surface area contributed by atoms with Gasteiger partial charge in [-0.15, -0.1) is 0 Å². The van der Waals surface area contributed by atoms with E-state index in [1.165, 1.54) is 19.3 Å². The first-order valence-corrected chi connectivity index (χ1v) is 5.47. The predicted molar refractivity (Wildman–Crippen MR) is 57.7 cm³/mol. The van der Waals surface area contributed by atoms with Crippen LogP contribution in [0.2, 0.25) is 0 Å². The first-order valence-electron chi connectivity index (χ1n) is 5.47. The third-order valence-corrected chi connectivity index (χ3v) is 3.27. The molecule has 1 fully saturated rings. The van der Waals surface area contributed by atoms with Crippen molar-refractivity contribution in [3.63, 3.8) is 0 Å². The lowest BCUT2D eigenvalue weighted by Gasteiger charge is -2.23. The van der Waals surface area contributed by atoms with Gasteiger partial charge in [-0.05, 0) is 25.0 Å². The van der Waals surface area contributed by atoms with Crippen LogP contribution in [0.5, 0.6) is 0 Å².